The maximum Gasteiger partial charge on any atom is 0.355 e. The number of hydrogen-bond acceptors (Lipinski definition) is 4. The van der Waals surface area contributed by atoms with E-state index in [9.17, 15) is 4.79 Å². The summed E-state index contributed by atoms with van der Waals surface area (Å²) in [5.74, 6) is -0.401. The van der Waals surface area contributed by atoms with Crippen molar-refractivity contribution in [1.82, 2.24) is 9.55 Å². The van der Waals surface area contributed by atoms with E-state index in [1.165, 1.54) is 0 Å². The van der Waals surface area contributed by atoms with E-state index in [1.54, 1.807) is 30.1 Å². The maximum atomic E-state index is 12.1. The molecule has 0 spiro atoms. The van der Waals surface area contributed by atoms with Gasteiger partial charge in [0, 0.05) is 30.4 Å². The lowest BCUT2D eigenvalue weighted by Gasteiger charge is -2.07. The third-order valence-corrected chi connectivity index (χ3v) is 3.31. The third kappa shape index (κ3) is 2.58. The molecule has 0 saturated heterocycles. The second-order valence-electron chi connectivity index (χ2n) is 4.84. The molecule has 0 radical (unpaired) electrons. The van der Waals surface area contributed by atoms with Crippen LogP contribution in [0.2, 0.25) is 0 Å². The van der Waals surface area contributed by atoms with Crippen LogP contribution in [0.5, 0.6) is 0 Å². The fraction of sp³-hybridized carbons (Fsp3) is 0.125. The smallest absolute Gasteiger partial charge is 0.355 e. The van der Waals surface area contributed by atoms with Gasteiger partial charge in [-0.2, -0.15) is 0 Å². The number of carbonyl (C=O) groups is 1. The molecule has 0 amide bonds. The first-order valence-electron chi connectivity index (χ1n) is 6.57. The van der Waals surface area contributed by atoms with Crippen LogP contribution in [0.25, 0.3) is 10.9 Å². The van der Waals surface area contributed by atoms with Crippen molar-refractivity contribution >= 4 is 22.6 Å². The number of fused-ring (bicyclic) bond motifs is 1. The molecule has 0 fully saturated rings. The van der Waals surface area contributed by atoms with E-state index >= 15 is 0 Å². The van der Waals surface area contributed by atoms with Crippen LogP contribution < -0.4 is 5.73 Å². The SMILES string of the molecule is Cn1cc(N)cc1C(=O)OCc1cccc2cccnc12. The number of ether oxygens (including phenoxy) is 1. The molecule has 21 heavy (non-hydrogen) atoms. The van der Waals surface area contributed by atoms with Gasteiger partial charge in [-0.15, -0.1) is 0 Å². The molecule has 3 rings (SSSR count). The number of nitrogens with two attached hydrogens (primary N) is 1. The van der Waals surface area contributed by atoms with E-state index < -0.39 is 5.97 Å². The fourth-order valence-corrected chi connectivity index (χ4v) is 2.29. The quantitative estimate of drug-likeness (QED) is 0.749. The zero-order valence-corrected chi connectivity index (χ0v) is 11.6. The summed E-state index contributed by atoms with van der Waals surface area (Å²) in [7, 11) is 1.76. The molecular weight excluding hydrogens is 266 g/mol. The van der Waals surface area contributed by atoms with Crippen molar-refractivity contribution in [2.24, 2.45) is 7.05 Å². The number of anilines is 1. The van der Waals surface area contributed by atoms with Crippen LogP contribution in [0.4, 0.5) is 5.69 Å². The Morgan fingerprint density at radius 3 is 2.90 bits per heavy atom. The van der Waals surface area contributed by atoms with Crippen LogP contribution in [0.1, 0.15) is 16.1 Å². The highest BCUT2D eigenvalue weighted by atomic mass is 16.5. The van der Waals surface area contributed by atoms with Crippen LogP contribution >= 0.6 is 0 Å². The first-order chi connectivity index (χ1) is 10.1. The van der Waals surface area contributed by atoms with Gasteiger partial charge in [0.15, 0.2) is 0 Å². The van der Waals surface area contributed by atoms with Gasteiger partial charge >= 0.3 is 5.97 Å². The van der Waals surface area contributed by atoms with Gasteiger partial charge in [-0.3, -0.25) is 4.98 Å². The molecular formula is C16H15N3O2. The largest absolute Gasteiger partial charge is 0.456 e. The molecule has 5 nitrogen and oxygen atoms in total. The number of pyridine rings is 1. The van der Waals surface area contributed by atoms with Gasteiger partial charge < -0.3 is 15.0 Å². The predicted molar refractivity (Wildman–Crippen MR) is 80.7 cm³/mol. The van der Waals surface area contributed by atoms with Crippen molar-refractivity contribution in [3.8, 4) is 0 Å². The number of aromatic nitrogens is 2. The van der Waals surface area contributed by atoms with E-state index in [1.807, 2.05) is 30.3 Å². The highest BCUT2D eigenvalue weighted by Crippen LogP contribution is 2.18. The van der Waals surface area contributed by atoms with E-state index in [0.717, 1.165) is 16.5 Å². The lowest BCUT2D eigenvalue weighted by Crippen LogP contribution is -2.09. The number of rotatable bonds is 3. The Kier molecular flexibility index (Phi) is 3.31. The van der Waals surface area contributed by atoms with Crippen molar-refractivity contribution in [3.63, 3.8) is 0 Å². The number of nitrogen functional groups attached to an aromatic ring is 1. The molecule has 0 aliphatic heterocycles. The molecule has 3 aromatic rings. The van der Waals surface area contributed by atoms with Crippen molar-refractivity contribution < 1.29 is 9.53 Å². The van der Waals surface area contributed by atoms with Crippen molar-refractivity contribution in [3.05, 3.63) is 60.0 Å². The molecule has 0 aliphatic carbocycles. The Bertz CT molecular complexity index is 803. The molecule has 0 bridgehead atoms. The summed E-state index contributed by atoms with van der Waals surface area (Å²) in [6, 6.07) is 11.3. The Hall–Kier alpha value is -2.82. The molecule has 2 heterocycles. The van der Waals surface area contributed by atoms with E-state index in [0.29, 0.717) is 11.4 Å². The normalized spacial score (nSPS) is 10.7. The van der Waals surface area contributed by atoms with Gasteiger partial charge in [-0.1, -0.05) is 24.3 Å². The second-order valence-corrected chi connectivity index (χ2v) is 4.84. The van der Waals surface area contributed by atoms with Gasteiger partial charge in [0.1, 0.15) is 12.3 Å². The Morgan fingerprint density at radius 1 is 1.33 bits per heavy atom. The Labute approximate surface area is 122 Å². The van der Waals surface area contributed by atoms with Crippen LogP contribution in [-0.4, -0.2) is 15.5 Å². The van der Waals surface area contributed by atoms with E-state index in [4.69, 9.17) is 10.5 Å². The van der Waals surface area contributed by atoms with Gasteiger partial charge in [-0.05, 0) is 12.1 Å². The minimum absolute atomic E-state index is 0.179. The predicted octanol–water partition coefficient (Wildman–Crippen LogP) is 2.51. The number of carbonyl (C=O) groups excluding carboxylic acids is 1. The van der Waals surface area contributed by atoms with Crippen molar-refractivity contribution in [2.75, 3.05) is 5.73 Å². The Balaban J connectivity index is 1.81. The minimum atomic E-state index is -0.401. The van der Waals surface area contributed by atoms with Gasteiger partial charge in [0.05, 0.1) is 11.2 Å². The zero-order valence-electron chi connectivity index (χ0n) is 11.6. The highest BCUT2D eigenvalue weighted by Gasteiger charge is 2.13. The van der Waals surface area contributed by atoms with Gasteiger partial charge in [-0.25, -0.2) is 4.79 Å². The third-order valence-electron chi connectivity index (χ3n) is 3.31. The number of benzene rings is 1. The topological polar surface area (TPSA) is 70.1 Å². The van der Waals surface area contributed by atoms with E-state index in [2.05, 4.69) is 4.98 Å². The molecule has 1 aromatic carbocycles. The first kappa shape index (κ1) is 13.2. The molecule has 2 N–H and O–H groups in total. The first-order valence-corrected chi connectivity index (χ1v) is 6.57. The number of para-hydroxylation sites is 1. The average Bonchev–Trinajstić information content (AvgIpc) is 2.83. The summed E-state index contributed by atoms with van der Waals surface area (Å²) in [6.07, 6.45) is 3.40. The van der Waals surface area contributed by atoms with Gasteiger partial charge in [0.2, 0.25) is 0 Å². The standard InChI is InChI=1S/C16H15N3O2/c1-19-9-13(17)8-14(19)16(20)21-10-12-5-2-4-11-6-3-7-18-15(11)12/h2-9H,10,17H2,1H3. The molecule has 106 valence electrons. The number of hydrogen-bond donors (Lipinski definition) is 1. The number of aryl methyl sites for hydroxylation is 1. The summed E-state index contributed by atoms with van der Waals surface area (Å²) in [6.45, 7) is 0.179. The molecule has 0 unspecified atom stereocenters. The van der Waals surface area contributed by atoms with E-state index in [-0.39, 0.29) is 6.61 Å². The van der Waals surface area contributed by atoms with Crippen LogP contribution in [0, 0.1) is 0 Å². The molecule has 0 saturated carbocycles. The van der Waals surface area contributed by atoms with Crippen molar-refractivity contribution in [1.29, 1.82) is 0 Å². The summed E-state index contributed by atoms with van der Waals surface area (Å²) in [4.78, 5) is 16.4. The summed E-state index contributed by atoms with van der Waals surface area (Å²) < 4.78 is 7.01. The molecule has 0 aliphatic rings. The second kappa shape index (κ2) is 5.28. The fourth-order valence-electron chi connectivity index (χ4n) is 2.29. The highest BCUT2D eigenvalue weighted by molar-refractivity contribution is 5.89. The van der Waals surface area contributed by atoms with Crippen molar-refractivity contribution in [2.45, 2.75) is 6.61 Å². The Morgan fingerprint density at radius 2 is 2.14 bits per heavy atom. The van der Waals surface area contributed by atoms with Crippen LogP contribution in [0.3, 0.4) is 0 Å². The monoisotopic (exact) mass is 281 g/mol. The summed E-state index contributed by atoms with van der Waals surface area (Å²) in [5.41, 5.74) is 8.35. The zero-order chi connectivity index (χ0) is 14.8. The lowest BCUT2D eigenvalue weighted by molar-refractivity contribution is 0.0463. The summed E-state index contributed by atoms with van der Waals surface area (Å²) in [5, 5.41) is 1.02. The van der Waals surface area contributed by atoms with Gasteiger partial charge in [0.25, 0.3) is 0 Å². The molecule has 2 aromatic heterocycles. The molecule has 0 atom stereocenters. The van der Waals surface area contributed by atoms with Crippen LogP contribution in [-0.2, 0) is 18.4 Å². The minimum Gasteiger partial charge on any atom is -0.456 e. The lowest BCUT2D eigenvalue weighted by atomic mass is 10.1. The molecule has 5 heteroatoms. The number of nitrogens with zero attached hydrogens (tertiary/aromatic N) is 2. The summed E-state index contributed by atoms with van der Waals surface area (Å²) >= 11 is 0. The maximum absolute atomic E-state index is 12.1. The van der Waals surface area contributed by atoms with Crippen LogP contribution in [0.15, 0.2) is 48.8 Å². The average molecular weight is 281 g/mol. The number of esters is 1.